The number of rotatable bonds is 25. The van der Waals surface area contributed by atoms with Crippen molar-refractivity contribution < 1.29 is 43.7 Å². The Hall–Kier alpha value is -5.24. The summed E-state index contributed by atoms with van der Waals surface area (Å²) in [5.41, 5.74) is 7.66. The van der Waals surface area contributed by atoms with Gasteiger partial charge >= 0.3 is 0 Å². The van der Waals surface area contributed by atoms with Crippen LogP contribution in [0, 0.1) is 11.3 Å². The predicted octanol–water partition coefficient (Wildman–Crippen LogP) is 3.32. The van der Waals surface area contributed by atoms with Crippen molar-refractivity contribution in [2.24, 2.45) is 5.73 Å². The quantitative estimate of drug-likeness (QED) is 0.0565. The van der Waals surface area contributed by atoms with E-state index in [0.29, 0.717) is 40.2 Å². The molecule has 0 fully saturated rings. The summed E-state index contributed by atoms with van der Waals surface area (Å²) in [4.78, 5) is 70.0. The molecule has 0 radical (unpaired) electrons. The van der Waals surface area contributed by atoms with Gasteiger partial charge in [-0.3, -0.25) is 24.0 Å². The molecule has 0 aliphatic carbocycles. The topological polar surface area (TPSA) is 245 Å². The van der Waals surface area contributed by atoms with Crippen molar-refractivity contribution in [1.82, 2.24) is 26.2 Å². The normalized spacial score (nSPS) is 16.8. The lowest BCUT2D eigenvalue weighted by Gasteiger charge is -2.32. The molecule has 0 unspecified atom stereocenters. The Morgan fingerprint density at radius 2 is 1.48 bits per heavy atom. The maximum absolute atomic E-state index is 14.4. The lowest BCUT2D eigenvalue weighted by Crippen LogP contribution is -2.56. The van der Waals surface area contributed by atoms with Gasteiger partial charge in [-0.15, -0.1) is 0 Å². The van der Waals surface area contributed by atoms with Crippen LogP contribution in [0.1, 0.15) is 114 Å². The van der Waals surface area contributed by atoms with Crippen LogP contribution in [-0.2, 0) is 30.4 Å². The van der Waals surface area contributed by atoms with Crippen molar-refractivity contribution in [1.29, 1.82) is 5.26 Å². The van der Waals surface area contributed by atoms with Crippen LogP contribution in [0.4, 0.5) is 0 Å². The fourth-order valence-corrected chi connectivity index (χ4v) is 7.32. The molecule has 2 aromatic carbocycles. The van der Waals surface area contributed by atoms with Crippen molar-refractivity contribution >= 4 is 29.5 Å². The van der Waals surface area contributed by atoms with E-state index in [2.05, 4.69) is 28.2 Å². The predicted molar refractivity (Wildman–Crippen MR) is 231 cm³/mol. The molecule has 0 spiro atoms. The SMILES string of the molecule is CCCCCCCCCCCCCC(=O)N[C@@H](CCN)C(=O)N(C)[C@@H]1C(=O)N[C@@H](C)C(=O)N[C@H](C(=O)NCC#N)Cc2ccc(OCCO)c(c2)-c2cc1ccc2OCCO. The molecule has 2 aromatic rings. The third kappa shape index (κ3) is 16.3. The molecule has 0 aromatic heterocycles. The second-order valence-corrected chi connectivity index (χ2v) is 15.4. The smallest absolute Gasteiger partial charge is 0.248 e. The zero-order valence-electron chi connectivity index (χ0n) is 36.1. The van der Waals surface area contributed by atoms with E-state index in [1.807, 2.05) is 6.07 Å². The van der Waals surface area contributed by atoms with E-state index in [0.717, 1.165) is 19.3 Å². The second-order valence-electron chi connectivity index (χ2n) is 15.4. The van der Waals surface area contributed by atoms with Crippen LogP contribution in [0.5, 0.6) is 11.5 Å². The highest BCUT2D eigenvalue weighted by atomic mass is 16.5. The Morgan fingerprint density at radius 1 is 0.885 bits per heavy atom. The lowest BCUT2D eigenvalue weighted by atomic mass is 9.93. The number of ether oxygens (including phenoxy) is 2. The van der Waals surface area contributed by atoms with Crippen molar-refractivity contribution in [2.75, 3.05) is 46.6 Å². The van der Waals surface area contributed by atoms with E-state index in [-0.39, 0.29) is 64.7 Å². The highest BCUT2D eigenvalue weighted by Gasteiger charge is 2.36. The number of nitrogens with two attached hydrogens (primary N) is 1. The molecular formula is C45H67N7O9. The van der Waals surface area contributed by atoms with Gasteiger partial charge in [0, 0.05) is 31.0 Å². The fourth-order valence-electron chi connectivity index (χ4n) is 7.32. The fraction of sp³-hybridized carbons (Fsp3) is 0.600. The summed E-state index contributed by atoms with van der Waals surface area (Å²) in [6.07, 6.45) is 12.8. The maximum atomic E-state index is 14.4. The average Bonchev–Trinajstić information content (AvgIpc) is 3.25. The van der Waals surface area contributed by atoms with Gasteiger partial charge in [0.2, 0.25) is 29.5 Å². The van der Waals surface area contributed by atoms with Crippen LogP contribution < -0.4 is 36.5 Å². The summed E-state index contributed by atoms with van der Waals surface area (Å²) in [6.45, 7) is 2.68. The zero-order chi connectivity index (χ0) is 44.6. The largest absolute Gasteiger partial charge is 0.491 e. The molecule has 3 rings (SSSR count). The number of aliphatic hydroxyl groups excluding tert-OH is 2. The van der Waals surface area contributed by atoms with Gasteiger partial charge in [-0.2, -0.15) is 5.26 Å². The minimum Gasteiger partial charge on any atom is -0.491 e. The number of amides is 5. The molecule has 1 aliphatic heterocycles. The Labute approximate surface area is 360 Å². The summed E-state index contributed by atoms with van der Waals surface area (Å²) >= 11 is 0. The van der Waals surface area contributed by atoms with Crippen LogP contribution in [-0.4, -0.2) is 109 Å². The number of benzene rings is 2. The number of unbranched alkanes of at least 4 members (excludes halogenated alkanes) is 10. The number of carbonyl (C=O) groups is 5. The first-order valence-corrected chi connectivity index (χ1v) is 21.8. The summed E-state index contributed by atoms with van der Waals surface area (Å²) in [5, 5.41) is 39.1. The van der Waals surface area contributed by atoms with Crippen LogP contribution >= 0.6 is 0 Å². The zero-order valence-corrected chi connectivity index (χ0v) is 36.1. The average molecular weight is 850 g/mol. The van der Waals surface area contributed by atoms with Gasteiger partial charge in [-0.1, -0.05) is 83.3 Å². The van der Waals surface area contributed by atoms with Crippen LogP contribution in [0.25, 0.3) is 11.1 Å². The number of carbonyl (C=O) groups excluding carboxylic acids is 5. The van der Waals surface area contributed by atoms with E-state index < -0.39 is 47.8 Å². The summed E-state index contributed by atoms with van der Waals surface area (Å²) in [7, 11) is 1.43. The van der Waals surface area contributed by atoms with Gasteiger partial charge < -0.3 is 51.6 Å². The van der Waals surface area contributed by atoms with E-state index in [4.69, 9.17) is 20.5 Å². The number of fused-ring (bicyclic) bond motifs is 5. The number of hydrogen-bond donors (Lipinski definition) is 7. The van der Waals surface area contributed by atoms with Crippen molar-refractivity contribution in [3.05, 3.63) is 47.5 Å². The Kier molecular flexibility index (Phi) is 22.7. The number of nitriles is 1. The van der Waals surface area contributed by atoms with Gasteiger partial charge in [0.25, 0.3) is 0 Å². The van der Waals surface area contributed by atoms with Gasteiger partial charge in [0.1, 0.15) is 55.4 Å². The van der Waals surface area contributed by atoms with Crippen molar-refractivity contribution in [3.63, 3.8) is 0 Å². The minimum absolute atomic E-state index is 0.0170. The molecule has 336 valence electrons. The third-order valence-electron chi connectivity index (χ3n) is 10.6. The van der Waals surface area contributed by atoms with E-state index in [9.17, 15) is 34.2 Å². The Morgan fingerprint density at radius 3 is 2.07 bits per heavy atom. The highest BCUT2D eigenvalue weighted by Crippen LogP contribution is 2.40. The number of aliphatic hydroxyl groups is 2. The second kappa shape index (κ2) is 27.6. The number of nitrogens with zero attached hydrogens (tertiary/aromatic N) is 2. The van der Waals surface area contributed by atoms with Gasteiger partial charge in [0.05, 0.1) is 19.3 Å². The number of likely N-dealkylation sites (N-methyl/N-ethyl adjacent to an activating group) is 1. The molecule has 8 N–H and O–H groups in total. The van der Waals surface area contributed by atoms with Gasteiger partial charge in [-0.25, -0.2) is 0 Å². The molecule has 4 bridgehead atoms. The Balaban J connectivity index is 1.98. The summed E-state index contributed by atoms with van der Waals surface area (Å²) in [5.74, 6) is -2.33. The molecule has 16 heteroatoms. The highest BCUT2D eigenvalue weighted by molar-refractivity contribution is 5.96. The maximum Gasteiger partial charge on any atom is 0.248 e. The molecule has 0 saturated carbocycles. The molecule has 1 aliphatic rings. The minimum atomic E-state index is -1.36. The molecule has 5 amide bonds. The first-order valence-electron chi connectivity index (χ1n) is 21.8. The van der Waals surface area contributed by atoms with E-state index >= 15 is 0 Å². The van der Waals surface area contributed by atoms with Crippen LogP contribution in [0.2, 0.25) is 0 Å². The summed E-state index contributed by atoms with van der Waals surface area (Å²) in [6, 6.07) is 6.97. The van der Waals surface area contributed by atoms with E-state index in [1.165, 1.54) is 63.8 Å². The van der Waals surface area contributed by atoms with E-state index in [1.54, 1.807) is 36.4 Å². The molecule has 0 saturated heterocycles. The standard InChI is InChI=1S/C45H67N7O9/c1-4-5-6-7-8-9-10-11-12-13-14-15-40(55)50-36(20-21-46)45(59)52(3)41-33-17-19-39(61-27-25-54)35(30-33)34-28-32(16-18-38(34)60-26-24-53)29-37(43(57)48-23-22-47)51-42(56)31(2)49-44(41)58/h16-19,28,30-31,36-37,41,53-54H,4-15,20-21,23-27,29,46H2,1-3H3,(H,48,57)(H,49,58)(H,50,55)(H,51,56)/t31-,36-,37-,41-/m0/s1. The molecule has 4 atom stereocenters. The van der Waals surface area contributed by atoms with Crippen molar-refractivity contribution in [2.45, 2.75) is 128 Å². The first-order chi connectivity index (χ1) is 29.5. The molecular weight excluding hydrogens is 783 g/mol. The Bertz CT molecular complexity index is 1770. The monoisotopic (exact) mass is 850 g/mol. The molecule has 1 heterocycles. The van der Waals surface area contributed by atoms with Gasteiger partial charge in [0.15, 0.2) is 0 Å². The number of nitrogens with one attached hydrogen (secondary N) is 4. The molecule has 16 nitrogen and oxygen atoms in total. The van der Waals surface area contributed by atoms with Crippen LogP contribution in [0.3, 0.4) is 0 Å². The molecule has 61 heavy (non-hydrogen) atoms. The van der Waals surface area contributed by atoms with Crippen molar-refractivity contribution in [3.8, 4) is 28.7 Å². The summed E-state index contributed by atoms with van der Waals surface area (Å²) < 4.78 is 11.9. The van der Waals surface area contributed by atoms with Crippen LogP contribution in [0.15, 0.2) is 36.4 Å². The number of hydrogen-bond acceptors (Lipinski definition) is 11. The lowest BCUT2D eigenvalue weighted by molar-refractivity contribution is -0.143. The van der Waals surface area contributed by atoms with Gasteiger partial charge in [-0.05, 0) is 61.7 Å². The first kappa shape index (κ1) is 50.1. The third-order valence-corrected chi connectivity index (χ3v) is 10.6.